The molecule has 0 atom stereocenters. The Labute approximate surface area is 207 Å². The average molecular weight is 490 g/mol. The van der Waals surface area contributed by atoms with Gasteiger partial charge in [-0.15, -0.1) is 0 Å². The summed E-state index contributed by atoms with van der Waals surface area (Å²) in [6, 6.07) is 18.5. The van der Waals surface area contributed by atoms with Crippen molar-refractivity contribution in [1.82, 2.24) is 14.5 Å². The second-order valence-electron chi connectivity index (χ2n) is 8.17. The molecule has 10 nitrogen and oxygen atoms in total. The van der Waals surface area contributed by atoms with E-state index < -0.39 is 17.2 Å². The lowest BCUT2D eigenvalue weighted by Crippen LogP contribution is -2.41. The van der Waals surface area contributed by atoms with Gasteiger partial charge in [0, 0.05) is 12.7 Å². The number of methoxy groups -OCH3 is 1. The molecule has 36 heavy (non-hydrogen) atoms. The molecule has 0 spiro atoms. The average Bonchev–Trinajstić information content (AvgIpc) is 3.24. The van der Waals surface area contributed by atoms with Gasteiger partial charge in [0.25, 0.3) is 5.56 Å². The zero-order valence-corrected chi connectivity index (χ0v) is 20.1. The lowest BCUT2D eigenvalue weighted by molar-refractivity contribution is -0.118. The van der Waals surface area contributed by atoms with Crippen LogP contribution in [0.2, 0.25) is 0 Å². The molecule has 1 amide bonds. The van der Waals surface area contributed by atoms with Crippen LogP contribution in [0.15, 0.2) is 74.7 Å². The fraction of sp³-hybridized carbons (Fsp3) is 0.231. The minimum Gasteiger partial charge on any atom is -0.441 e. The van der Waals surface area contributed by atoms with Crippen LogP contribution in [0.25, 0.3) is 11.5 Å². The van der Waals surface area contributed by atoms with E-state index >= 15 is 0 Å². The first-order valence-electron chi connectivity index (χ1n) is 11.4. The molecule has 2 heterocycles. The Hall–Kier alpha value is -4.44. The number of benzene rings is 2. The zero-order valence-electron chi connectivity index (χ0n) is 20.1. The van der Waals surface area contributed by atoms with Crippen molar-refractivity contribution in [3.63, 3.8) is 0 Å². The Bertz CT molecular complexity index is 1460. The van der Waals surface area contributed by atoms with E-state index in [0.717, 1.165) is 11.1 Å². The number of carbonyl (C=O) groups is 1. The van der Waals surface area contributed by atoms with Gasteiger partial charge < -0.3 is 14.9 Å². The number of hydrogen-bond acceptors (Lipinski definition) is 7. The van der Waals surface area contributed by atoms with Gasteiger partial charge in [-0.2, -0.15) is 0 Å². The normalized spacial score (nSPS) is 10.9. The molecule has 0 bridgehead atoms. The molecule has 10 heteroatoms. The molecule has 2 aromatic carbocycles. The SMILES string of the molecule is COCCn1c(N)c(N(Cc2ccccc2)C(=O)Cc2nc(-c3ccccc3)oc2C)c(=O)[nH]c1=O. The number of nitrogen functional groups attached to an aromatic ring is 1. The number of nitrogens with two attached hydrogens (primary N) is 1. The van der Waals surface area contributed by atoms with Crippen molar-refractivity contribution >= 4 is 17.4 Å². The number of amides is 1. The molecule has 0 aliphatic heterocycles. The van der Waals surface area contributed by atoms with Gasteiger partial charge >= 0.3 is 5.69 Å². The smallest absolute Gasteiger partial charge is 0.330 e. The number of nitrogens with zero attached hydrogens (tertiary/aromatic N) is 3. The predicted octanol–water partition coefficient (Wildman–Crippen LogP) is 2.50. The van der Waals surface area contributed by atoms with Crippen LogP contribution in [0.4, 0.5) is 11.5 Å². The number of oxazole rings is 1. The van der Waals surface area contributed by atoms with Gasteiger partial charge in [-0.25, -0.2) is 9.78 Å². The number of ether oxygens (including phenoxy) is 1. The summed E-state index contributed by atoms with van der Waals surface area (Å²) in [5.41, 5.74) is 6.75. The summed E-state index contributed by atoms with van der Waals surface area (Å²) in [5.74, 6) is 0.348. The predicted molar refractivity (Wildman–Crippen MR) is 136 cm³/mol. The molecule has 186 valence electrons. The Morgan fingerprint density at radius 2 is 1.78 bits per heavy atom. The number of nitrogens with one attached hydrogen (secondary N) is 1. The van der Waals surface area contributed by atoms with Crippen LogP contribution in [0, 0.1) is 6.92 Å². The van der Waals surface area contributed by atoms with Gasteiger partial charge in [0.05, 0.1) is 31.8 Å². The number of aryl methyl sites for hydroxylation is 1. The number of rotatable bonds is 9. The molecule has 0 radical (unpaired) electrons. The van der Waals surface area contributed by atoms with Crippen molar-refractivity contribution < 1.29 is 13.9 Å². The van der Waals surface area contributed by atoms with E-state index in [2.05, 4.69) is 9.97 Å². The lowest BCUT2D eigenvalue weighted by atomic mass is 10.1. The Balaban J connectivity index is 1.73. The van der Waals surface area contributed by atoms with E-state index in [4.69, 9.17) is 14.9 Å². The molecule has 0 fully saturated rings. The Morgan fingerprint density at radius 3 is 2.44 bits per heavy atom. The number of anilines is 2. The third-order valence-corrected chi connectivity index (χ3v) is 5.72. The number of aromatic amines is 1. The molecule has 4 aromatic rings. The molecule has 0 saturated heterocycles. The topological polar surface area (TPSA) is 136 Å². The van der Waals surface area contributed by atoms with E-state index in [9.17, 15) is 14.4 Å². The van der Waals surface area contributed by atoms with Crippen LogP contribution in [0.5, 0.6) is 0 Å². The maximum Gasteiger partial charge on any atom is 0.330 e. The maximum absolute atomic E-state index is 13.7. The van der Waals surface area contributed by atoms with E-state index in [-0.39, 0.29) is 37.6 Å². The molecule has 3 N–H and O–H groups in total. The highest BCUT2D eigenvalue weighted by Crippen LogP contribution is 2.24. The van der Waals surface area contributed by atoms with Crippen LogP contribution in [0.3, 0.4) is 0 Å². The first-order valence-corrected chi connectivity index (χ1v) is 11.4. The summed E-state index contributed by atoms with van der Waals surface area (Å²) in [4.78, 5) is 47.0. The Kier molecular flexibility index (Phi) is 7.45. The van der Waals surface area contributed by atoms with Crippen molar-refractivity contribution in [2.45, 2.75) is 26.4 Å². The first-order chi connectivity index (χ1) is 17.4. The van der Waals surface area contributed by atoms with Crippen molar-refractivity contribution in [2.75, 3.05) is 24.4 Å². The maximum atomic E-state index is 13.7. The van der Waals surface area contributed by atoms with Crippen LogP contribution in [0.1, 0.15) is 17.0 Å². The Morgan fingerprint density at radius 1 is 1.11 bits per heavy atom. The second kappa shape index (κ2) is 10.9. The molecule has 0 aliphatic carbocycles. The molecule has 0 saturated carbocycles. The minimum atomic E-state index is -0.753. The minimum absolute atomic E-state index is 0.0673. The van der Waals surface area contributed by atoms with E-state index in [1.807, 2.05) is 60.7 Å². The van der Waals surface area contributed by atoms with Crippen molar-refractivity contribution in [3.05, 3.63) is 98.5 Å². The second-order valence-corrected chi connectivity index (χ2v) is 8.17. The van der Waals surface area contributed by atoms with Crippen LogP contribution in [-0.2, 0) is 29.0 Å². The van der Waals surface area contributed by atoms with E-state index in [0.29, 0.717) is 17.3 Å². The van der Waals surface area contributed by atoms with Gasteiger partial charge in [0.2, 0.25) is 11.8 Å². The van der Waals surface area contributed by atoms with Crippen LogP contribution >= 0.6 is 0 Å². The highest BCUT2D eigenvalue weighted by molar-refractivity contribution is 5.96. The number of aromatic nitrogens is 3. The molecule has 4 rings (SSSR count). The summed E-state index contributed by atoms with van der Waals surface area (Å²) in [7, 11) is 1.49. The summed E-state index contributed by atoms with van der Waals surface area (Å²) in [6.45, 7) is 2.11. The number of hydrogen-bond donors (Lipinski definition) is 2. The first kappa shape index (κ1) is 24.7. The summed E-state index contributed by atoms with van der Waals surface area (Å²) < 4.78 is 12.0. The van der Waals surface area contributed by atoms with Crippen molar-refractivity contribution in [3.8, 4) is 11.5 Å². The molecule has 0 unspecified atom stereocenters. The van der Waals surface area contributed by atoms with E-state index in [1.54, 1.807) is 6.92 Å². The molecule has 0 aliphatic rings. The highest BCUT2D eigenvalue weighted by atomic mass is 16.5. The van der Waals surface area contributed by atoms with Crippen LogP contribution < -0.4 is 21.9 Å². The number of carbonyl (C=O) groups excluding carboxylic acids is 1. The lowest BCUT2D eigenvalue weighted by Gasteiger charge is -2.24. The van der Waals surface area contributed by atoms with Gasteiger partial charge in [0.1, 0.15) is 11.6 Å². The summed E-state index contributed by atoms with van der Waals surface area (Å²) in [6.07, 6.45) is -0.134. The molecule has 2 aromatic heterocycles. The monoisotopic (exact) mass is 489 g/mol. The fourth-order valence-electron chi connectivity index (χ4n) is 3.84. The van der Waals surface area contributed by atoms with Gasteiger partial charge in [-0.3, -0.25) is 24.0 Å². The van der Waals surface area contributed by atoms with Gasteiger partial charge in [0.15, 0.2) is 5.69 Å². The highest BCUT2D eigenvalue weighted by Gasteiger charge is 2.26. The zero-order chi connectivity index (χ0) is 25.7. The summed E-state index contributed by atoms with van der Waals surface area (Å²) >= 11 is 0. The van der Waals surface area contributed by atoms with Gasteiger partial charge in [-0.05, 0) is 24.6 Å². The molecular weight excluding hydrogens is 462 g/mol. The summed E-state index contributed by atoms with van der Waals surface area (Å²) in [5, 5.41) is 0. The van der Waals surface area contributed by atoms with Crippen LogP contribution in [-0.4, -0.2) is 34.2 Å². The molecular formula is C26H27N5O5. The van der Waals surface area contributed by atoms with Crippen molar-refractivity contribution in [1.29, 1.82) is 0 Å². The third kappa shape index (κ3) is 5.28. The van der Waals surface area contributed by atoms with Crippen molar-refractivity contribution in [2.24, 2.45) is 0 Å². The third-order valence-electron chi connectivity index (χ3n) is 5.72. The van der Waals surface area contributed by atoms with E-state index in [1.165, 1.54) is 16.6 Å². The largest absolute Gasteiger partial charge is 0.441 e. The fourth-order valence-corrected chi connectivity index (χ4v) is 3.84. The quantitative estimate of drug-likeness (QED) is 0.369. The number of H-pyrrole nitrogens is 1. The standard InChI is InChI=1S/C26H27N5O5/c1-17-20(28-25(36-17)19-11-7-4-8-12-19)15-21(32)31(16-18-9-5-3-6-10-18)22-23(27)30(13-14-35-2)26(34)29-24(22)33/h3-12H,13-16,27H2,1-2H3,(H,29,33,34). The van der Waals surface area contributed by atoms with Gasteiger partial charge in [-0.1, -0.05) is 48.5 Å².